The fraction of sp³-hybridized carbons (Fsp3) is 0.412. The zero-order valence-corrected chi connectivity index (χ0v) is 13.2. The normalized spacial score (nSPS) is 18.6. The standard InChI is InChI=1S/C17H20N2O4/c1-11(14-8-5-9-22-14)18-17(20)13-10-16(23-19-13)12-6-3-4-7-15(12)21-2/h3-4,6-7,10-11,14H,5,8-9H2,1-2H3,(H,18,20)/t11-,14+/m0/s1. The van der Waals surface area contributed by atoms with Gasteiger partial charge in [-0.05, 0) is 31.9 Å². The van der Waals surface area contributed by atoms with E-state index in [1.165, 1.54) is 0 Å². The van der Waals surface area contributed by atoms with Gasteiger partial charge in [-0.1, -0.05) is 17.3 Å². The zero-order valence-electron chi connectivity index (χ0n) is 13.2. The molecule has 1 aliphatic rings. The predicted octanol–water partition coefficient (Wildman–Crippen LogP) is 2.65. The molecule has 0 unspecified atom stereocenters. The highest BCUT2D eigenvalue weighted by atomic mass is 16.5. The van der Waals surface area contributed by atoms with Gasteiger partial charge in [0.2, 0.25) is 0 Å². The van der Waals surface area contributed by atoms with Gasteiger partial charge in [0.05, 0.1) is 24.8 Å². The quantitative estimate of drug-likeness (QED) is 0.918. The number of carbonyl (C=O) groups is 1. The molecule has 1 aromatic heterocycles. The van der Waals surface area contributed by atoms with E-state index in [0.717, 1.165) is 25.0 Å². The Labute approximate surface area is 134 Å². The van der Waals surface area contributed by atoms with Crippen LogP contribution in [0.25, 0.3) is 11.3 Å². The van der Waals surface area contributed by atoms with Crippen molar-refractivity contribution in [3.63, 3.8) is 0 Å². The summed E-state index contributed by atoms with van der Waals surface area (Å²) in [5.41, 5.74) is 1.00. The van der Waals surface area contributed by atoms with Gasteiger partial charge in [-0.25, -0.2) is 0 Å². The van der Waals surface area contributed by atoms with Crippen LogP contribution in [0.4, 0.5) is 0 Å². The molecular weight excluding hydrogens is 296 g/mol. The Morgan fingerprint density at radius 1 is 1.43 bits per heavy atom. The Bertz CT molecular complexity index is 677. The van der Waals surface area contributed by atoms with Crippen molar-refractivity contribution in [2.45, 2.75) is 31.9 Å². The first-order chi connectivity index (χ1) is 11.2. The number of amides is 1. The Balaban J connectivity index is 1.72. The van der Waals surface area contributed by atoms with Crippen LogP contribution in [0.3, 0.4) is 0 Å². The summed E-state index contributed by atoms with van der Waals surface area (Å²) in [4.78, 5) is 12.3. The molecule has 0 spiro atoms. The van der Waals surface area contributed by atoms with E-state index in [-0.39, 0.29) is 23.7 Å². The molecule has 1 fully saturated rings. The lowest BCUT2D eigenvalue weighted by Crippen LogP contribution is -2.40. The lowest BCUT2D eigenvalue weighted by molar-refractivity contribution is 0.0707. The number of para-hydroxylation sites is 1. The van der Waals surface area contributed by atoms with Crippen LogP contribution in [0.1, 0.15) is 30.3 Å². The summed E-state index contributed by atoms with van der Waals surface area (Å²) in [5, 5.41) is 6.78. The van der Waals surface area contributed by atoms with E-state index in [2.05, 4.69) is 10.5 Å². The molecule has 6 nitrogen and oxygen atoms in total. The summed E-state index contributed by atoms with van der Waals surface area (Å²) >= 11 is 0. The van der Waals surface area contributed by atoms with Crippen molar-refractivity contribution in [2.75, 3.05) is 13.7 Å². The van der Waals surface area contributed by atoms with Gasteiger partial charge in [-0.3, -0.25) is 4.79 Å². The van der Waals surface area contributed by atoms with Crippen LogP contribution in [-0.2, 0) is 4.74 Å². The first-order valence-electron chi connectivity index (χ1n) is 7.71. The third-order valence-electron chi connectivity index (χ3n) is 4.00. The summed E-state index contributed by atoms with van der Waals surface area (Å²) in [6.45, 7) is 2.70. The minimum Gasteiger partial charge on any atom is -0.496 e. The minimum atomic E-state index is -0.266. The van der Waals surface area contributed by atoms with Crippen LogP contribution in [0, 0.1) is 0 Å². The molecule has 1 saturated heterocycles. The Morgan fingerprint density at radius 2 is 2.26 bits per heavy atom. The average molecular weight is 316 g/mol. The van der Waals surface area contributed by atoms with E-state index in [1.807, 2.05) is 31.2 Å². The van der Waals surface area contributed by atoms with Crippen LogP contribution in [0.2, 0.25) is 0 Å². The zero-order chi connectivity index (χ0) is 16.2. The molecule has 2 atom stereocenters. The number of aromatic nitrogens is 1. The van der Waals surface area contributed by atoms with Crippen molar-refractivity contribution >= 4 is 5.91 Å². The Kier molecular flexibility index (Phi) is 4.62. The smallest absolute Gasteiger partial charge is 0.273 e. The maximum atomic E-state index is 12.3. The molecule has 6 heteroatoms. The second kappa shape index (κ2) is 6.83. The maximum absolute atomic E-state index is 12.3. The second-order valence-electron chi connectivity index (χ2n) is 5.59. The molecule has 23 heavy (non-hydrogen) atoms. The number of benzene rings is 1. The van der Waals surface area contributed by atoms with Gasteiger partial charge >= 0.3 is 0 Å². The molecule has 0 aliphatic carbocycles. The predicted molar refractivity (Wildman–Crippen MR) is 84.4 cm³/mol. The SMILES string of the molecule is COc1ccccc1-c1cc(C(=O)N[C@@H](C)[C@H]2CCCO2)no1. The molecule has 2 aromatic rings. The fourth-order valence-corrected chi connectivity index (χ4v) is 2.73. The lowest BCUT2D eigenvalue weighted by Gasteiger charge is -2.19. The van der Waals surface area contributed by atoms with Crippen LogP contribution >= 0.6 is 0 Å². The van der Waals surface area contributed by atoms with Gasteiger partial charge in [0.25, 0.3) is 5.91 Å². The highest BCUT2D eigenvalue weighted by molar-refractivity contribution is 5.93. The van der Waals surface area contributed by atoms with Crippen LogP contribution < -0.4 is 10.1 Å². The number of ether oxygens (including phenoxy) is 2. The van der Waals surface area contributed by atoms with Gasteiger partial charge in [-0.2, -0.15) is 0 Å². The number of methoxy groups -OCH3 is 1. The summed E-state index contributed by atoms with van der Waals surface area (Å²) in [6.07, 6.45) is 2.07. The largest absolute Gasteiger partial charge is 0.496 e. The van der Waals surface area contributed by atoms with Crippen molar-refractivity contribution in [1.29, 1.82) is 0 Å². The van der Waals surface area contributed by atoms with Crippen molar-refractivity contribution in [1.82, 2.24) is 10.5 Å². The van der Waals surface area contributed by atoms with Crippen molar-refractivity contribution in [3.8, 4) is 17.1 Å². The average Bonchev–Trinajstić information content (AvgIpc) is 3.26. The van der Waals surface area contributed by atoms with E-state index in [4.69, 9.17) is 14.0 Å². The van der Waals surface area contributed by atoms with Gasteiger partial charge in [0, 0.05) is 12.7 Å². The molecule has 0 bridgehead atoms. The molecule has 2 heterocycles. The molecule has 1 amide bonds. The summed E-state index contributed by atoms with van der Waals surface area (Å²) < 4.78 is 16.2. The van der Waals surface area contributed by atoms with Crippen molar-refractivity contribution in [3.05, 3.63) is 36.0 Å². The van der Waals surface area contributed by atoms with Gasteiger partial charge in [0.15, 0.2) is 11.5 Å². The highest BCUT2D eigenvalue weighted by Gasteiger charge is 2.25. The monoisotopic (exact) mass is 316 g/mol. The summed E-state index contributed by atoms with van der Waals surface area (Å²) in [7, 11) is 1.59. The minimum absolute atomic E-state index is 0.0589. The molecule has 1 N–H and O–H groups in total. The number of nitrogens with zero attached hydrogens (tertiary/aromatic N) is 1. The van der Waals surface area contributed by atoms with E-state index < -0.39 is 0 Å². The third kappa shape index (κ3) is 3.37. The molecule has 1 aromatic carbocycles. The molecule has 0 radical (unpaired) electrons. The van der Waals surface area contributed by atoms with Gasteiger partial charge in [-0.15, -0.1) is 0 Å². The van der Waals surface area contributed by atoms with Crippen LogP contribution in [0.5, 0.6) is 5.75 Å². The van der Waals surface area contributed by atoms with Gasteiger partial charge < -0.3 is 19.3 Å². The molecule has 122 valence electrons. The van der Waals surface area contributed by atoms with E-state index in [9.17, 15) is 4.79 Å². The number of carbonyl (C=O) groups excluding carboxylic acids is 1. The van der Waals surface area contributed by atoms with E-state index in [0.29, 0.717) is 11.5 Å². The number of hydrogen-bond acceptors (Lipinski definition) is 5. The van der Waals surface area contributed by atoms with Crippen molar-refractivity contribution in [2.24, 2.45) is 0 Å². The first kappa shape index (κ1) is 15.6. The van der Waals surface area contributed by atoms with Crippen LogP contribution in [-0.4, -0.2) is 36.9 Å². The maximum Gasteiger partial charge on any atom is 0.273 e. The van der Waals surface area contributed by atoms with E-state index in [1.54, 1.807) is 13.2 Å². The van der Waals surface area contributed by atoms with Crippen LogP contribution in [0.15, 0.2) is 34.9 Å². The molecular formula is C17H20N2O4. The second-order valence-corrected chi connectivity index (χ2v) is 5.59. The Hall–Kier alpha value is -2.34. The van der Waals surface area contributed by atoms with E-state index >= 15 is 0 Å². The van der Waals surface area contributed by atoms with Gasteiger partial charge in [0.1, 0.15) is 5.75 Å². The summed E-state index contributed by atoms with van der Waals surface area (Å²) in [6, 6.07) is 8.99. The highest BCUT2D eigenvalue weighted by Crippen LogP contribution is 2.29. The molecule has 0 saturated carbocycles. The lowest BCUT2D eigenvalue weighted by atomic mass is 10.1. The van der Waals surface area contributed by atoms with Crippen molar-refractivity contribution < 1.29 is 18.8 Å². The Morgan fingerprint density at radius 3 is 3.00 bits per heavy atom. The molecule has 3 rings (SSSR count). The topological polar surface area (TPSA) is 73.6 Å². The fourth-order valence-electron chi connectivity index (χ4n) is 2.73. The number of nitrogens with one attached hydrogen (secondary N) is 1. The number of hydrogen-bond donors (Lipinski definition) is 1. The first-order valence-corrected chi connectivity index (χ1v) is 7.71. The number of rotatable bonds is 5. The summed E-state index contributed by atoms with van der Waals surface area (Å²) in [5.74, 6) is 0.901. The molecule has 1 aliphatic heterocycles. The third-order valence-corrected chi connectivity index (χ3v) is 4.00.